The molecule has 0 amide bonds. The molecule has 0 fully saturated rings. The highest BCUT2D eigenvalue weighted by molar-refractivity contribution is 9.10. The maximum absolute atomic E-state index is 6.52. The highest BCUT2D eigenvalue weighted by Crippen LogP contribution is 2.34. The third-order valence-corrected chi connectivity index (χ3v) is 6.05. The molecule has 0 unspecified atom stereocenters. The Bertz CT molecular complexity index is 1050. The monoisotopic (exact) mass is 454 g/mol. The summed E-state index contributed by atoms with van der Waals surface area (Å²) in [6.07, 6.45) is 1.92. The predicted octanol–water partition coefficient (Wildman–Crippen LogP) is 7.25. The average molecular weight is 456 g/mol. The second kappa shape index (κ2) is 8.34. The highest BCUT2D eigenvalue weighted by atomic mass is 79.9. The normalized spacial score (nSPS) is 10.9. The topological polar surface area (TPSA) is 17.8 Å². The third kappa shape index (κ3) is 4.13. The lowest BCUT2D eigenvalue weighted by Gasteiger charge is -2.13. The summed E-state index contributed by atoms with van der Waals surface area (Å²) in [5.74, 6) is 0.849. The van der Waals surface area contributed by atoms with Crippen LogP contribution in [0.25, 0.3) is 16.9 Å². The minimum atomic E-state index is 0.704. The molecular formula is C22H16BrClN2S. The summed E-state index contributed by atoms with van der Waals surface area (Å²) in [5, 5.41) is 1.63. The maximum Gasteiger partial charge on any atom is 0.173 e. The molecule has 134 valence electrons. The van der Waals surface area contributed by atoms with E-state index in [2.05, 4.69) is 56.9 Å². The van der Waals surface area contributed by atoms with E-state index in [4.69, 9.17) is 16.6 Å². The summed E-state index contributed by atoms with van der Waals surface area (Å²) in [7, 11) is 0. The van der Waals surface area contributed by atoms with E-state index in [9.17, 15) is 0 Å². The molecule has 0 saturated carbocycles. The van der Waals surface area contributed by atoms with Gasteiger partial charge in [-0.25, -0.2) is 4.98 Å². The first kappa shape index (κ1) is 18.4. The summed E-state index contributed by atoms with van der Waals surface area (Å²) in [6, 6.07) is 26.5. The Hall–Kier alpha value is -2.01. The Morgan fingerprint density at radius 3 is 2.33 bits per heavy atom. The van der Waals surface area contributed by atoms with Crippen LogP contribution in [0.15, 0.2) is 94.7 Å². The zero-order chi connectivity index (χ0) is 18.6. The summed E-state index contributed by atoms with van der Waals surface area (Å²) >= 11 is 11.7. The molecule has 0 aliphatic heterocycles. The minimum Gasteiger partial charge on any atom is -0.286 e. The first-order valence-corrected chi connectivity index (χ1v) is 10.6. The molecule has 0 spiro atoms. The fraction of sp³-hybridized carbons (Fsp3) is 0.0455. The Balaban J connectivity index is 1.77. The van der Waals surface area contributed by atoms with Gasteiger partial charge >= 0.3 is 0 Å². The van der Waals surface area contributed by atoms with Crippen molar-refractivity contribution in [1.29, 1.82) is 0 Å². The van der Waals surface area contributed by atoms with Gasteiger partial charge in [0.2, 0.25) is 0 Å². The number of benzene rings is 3. The molecule has 4 rings (SSSR count). The second-order valence-corrected chi connectivity index (χ2v) is 8.26. The van der Waals surface area contributed by atoms with Gasteiger partial charge in [0, 0.05) is 15.8 Å². The van der Waals surface area contributed by atoms with Crippen LogP contribution in [0.1, 0.15) is 5.56 Å². The zero-order valence-electron chi connectivity index (χ0n) is 14.3. The fourth-order valence-corrected chi connectivity index (χ4v) is 4.27. The molecule has 1 aromatic heterocycles. The smallest absolute Gasteiger partial charge is 0.173 e. The summed E-state index contributed by atoms with van der Waals surface area (Å²) in [6.45, 7) is 0. The molecule has 0 atom stereocenters. The van der Waals surface area contributed by atoms with Gasteiger partial charge in [0.05, 0.1) is 22.6 Å². The molecule has 0 aliphatic rings. The van der Waals surface area contributed by atoms with E-state index in [-0.39, 0.29) is 0 Å². The van der Waals surface area contributed by atoms with Gasteiger partial charge in [-0.3, -0.25) is 4.57 Å². The lowest BCUT2D eigenvalue weighted by molar-refractivity contribution is 0.900. The first-order chi connectivity index (χ1) is 13.2. The van der Waals surface area contributed by atoms with Gasteiger partial charge in [-0.2, -0.15) is 0 Å². The molecule has 5 heteroatoms. The average Bonchev–Trinajstić information content (AvgIpc) is 3.12. The van der Waals surface area contributed by atoms with Gasteiger partial charge in [0.1, 0.15) is 0 Å². The number of halogens is 2. The molecule has 0 bridgehead atoms. The van der Waals surface area contributed by atoms with Crippen molar-refractivity contribution in [3.05, 3.63) is 100 Å². The number of aromatic nitrogens is 2. The lowest BCUT2D eigenvalue weighted by atomic mass is 10.1. The third-order valence-electron chi connectivity index (χ3n) is 4.17. The Kier molecular flexibility index (Phi) is 5.67. The number of thioether (sulfide) groups is 1. The van der Waals surface area contributed by atoms with Crippen molar-refractivity contribution in [3.63, 3.8) is 0 Å². The van der Waals surface area contributed by atoms with Crippen LogP contribution in [-0.2, 0) is 5.75 Å². The molecule has 27 heavy (non-hydrogen) atoms. The number of nitrogens with zero attached hydrogens (tertiary/aromatic N) is 2. The lowest BCUT2D eigenvalue weighted by Crippen LogP contribution is -2.00. The molecule has 4 aromatic rings. The van der Waals surface area contributed by atoms with Crippen molar-refractivity contribution < 1.29 is 0 Å². The second-order valence-electron chi connectivity index (χ2n) is 5.99. The zero-order valence-corrected chi connectivity index (χ0v) is 17.5. The fourth-order valence-electron chi connectivity index (χ4n) is 2.85. The van der Waals surface area contributed by atoms with Crippen LogP contribution in [0.5, 0.6) is 0 Å². The molecule has 1 heterocycles. The molecule has 3 aromatic carbocycles. The van der Waals surface area contributed by atoms with E-state index in [1.54, 1.807) is 11.8 Å². The van der Waals surface area contributed by atoms with Gasteiger partial charge in [0.25, 0.3) is 0 Å². The van der Waals surface area contributed by atoms with Crippen LogP contribution in [-0.4, -0.2) is 9.55 Å². The summed E-state index contributed by atoms with van der Waals surface area (Å²) in [4.78, 5) is 4.70. The van der Waals surface area contributed by atoms with Crippen LogP contribution in [0.3, 0.4) is 0 Å². The largest absolute Gasteiger partial charge is 0.286 e. The van der Waals surface area contributed by atoms with Crippen LogP contribution in [0.2, 0.25) is 5.02 Å². The van der Waals surface area contributed by atoms with E-state index < -0.39 is 0 Å². The quantitative estimate of drug-likeness (QED) is 0.295. The van der Waals surface area contributed by atoms with Crippen LogP contribution < -0.4 is 0 Å². The van der Waals surface area contributed by atoms with Crippen molar-refractivity contribution in [2.24, 2.45) is 0 Å². The minimum absolute atomic E-state index is 0.704. The van der Waals surface area contributed by atoms with Gasteiger partial charge in [0.15, 0.2) is 5.16 Å². The maximum atomic E-state index is 6.52. The highest BCUT2D eigenvalue weighted by Gasteiger charge is 2.16. The molecule has 2 nitrogen and oxygen atoms in total. The van der Waals surface area contributed by atoms with Gasteiger partial charge in [-0.1, -0.05) is 93.9 Å². The van der Waals surface area contributed by atoms with E-state index in [1.807, 2.05) is 48.7 Å². The number of hydrogen-bond donors (Lipinski definition) is 0. The van der Waals surface area contributed by atoms with Crippen LogP contribution in [0.4, 0.5) is 0 Å². The summed E-state index contributed by atoms with van der Waals surface area (Å²) in [5.41, 5.74) is 4.31. The van der Waals surface area contributed by atoms with Crippen molar-refractivity contribution in [3.8, 4) is 16.9 Å². The number of rotatable bonds is 5. The summed E-state index contributed by atoms with van der Waals surface area (Å²) < 4.78 is 3.19. The van der Waals surface area contributed by atoms with Crippen LogP contribution in [0, 0.1) is 0 Å². The van der Waals surface area contributed by atoms with Gasteiger partial charge in [-0.15, -0.1) is 0 Å². The van der Waals surface area contributed by atoms with E-state index >= 15 is 0 Å². The standard InChI is InChI=1S/C22H16BrClN2S/c23-18-12-10-17(11-13-18)21-14-25-22(27-15-16-6-2-1-3-7-16)26(21)20-9-5-4-8-19(20)24/h1-14H,15H2. The molecule has 0 radical (unpaired) electrons. The molecule has 0 N–H and O–H groups in total. The SMILES string of the molecule is Clc1ccccc1-n1c(-c2ccc(Br)cc2)cnc1SCc1ccccc1. The number of hydrogen-bond acceptors (Lipinski definition) is 2. The van der Waals surface area contributed by atoms with Crippen LogP contribution >= 0.6 is 39.3 Å². The predicted molar refractivity (Wildman–Crippen MR) is 118 cm³/mol. The Morgan fingerprint density at radius 1 is 0.889 bits per heavy atom. The number of imidazole rings is 1. The first-order valence-electron chi connectivity index (χ1n) is 8.48. The van der Waals surface area contributed by atoms with Gasteiger partial charge < -0.3 is 0 Å². The van der Waals surface area contributed by atoms with Crippen molar-refractivity contribution >= 4 is 39.3 Å². The molecular weight excluding hydrogens is 440 g/mol. The van der Waals surface area contributed by atoms with Crippen molar-refractivity contribution in [2.75, 3.05) is 0 Å². The Labute approximate surface area is 176 Å². The van der Waals surface area contributed by atoms with Crippen molar-refractivity contribution in [2.45, 2.75) is 10.9 Å². The van der Waals surface area contributed by atoms with Gasteiger partial charge in [-0.05, 0) is 29.8 Å². The van der Waals surface area contributed by atoms with E-state index in [1.165, 1.54) is 5.56 Å². The number of para-hydroxylation sites is 1. The van der Waals surface area contributed by atoms with Crippen molar-refractivity contribution in [1.82, 2.24) is 9.55 Å². The Morgan fingerprint density at radius 2 is 1.59 bits per heavy atom. The molecule has 0 aliphatic carbocycles. The van der Waals surface area contributed by atoms with E-state index in [0.717, 1.165) is 32.3 Å². The molecule has 0 saturated heterocycles. The van der Waals surface area contributed by atoms with E-state index in [0.29, 0.717) is 5.02 Å².